The summed E-state index contributed by atoms with van der Waals surface area (Å²) in [5, 5.41) is 3.31. The summed E-state index contributed by atoms with van der Waals surface area (Å²) >= 11 is 0. The first-order valence-corrected chi connectivity index (χ1v) is 6.78. The van der Waals surface area contributed by atoms with E-state index in [9.17, 15) is 4.39 Å². The first kappa shape index (κ1) is 14.5. The molecule has 1 heterocycles. The zero-order chi connectivity index (χ0) is 14.4. The van der Waals surface area contributed by atoms with Gasteiger partial charge in [0.1, 0.15) is 11.6 Å². The van der Waals surface area contributed by atoms with Crippen LogP contribution in [0, 0.1) is 12.7 Å². The number of nitrogens with zero attached hydrogens (tertiary/aromatic N) is 1. The molecule has 0 bridgehead atoms. The quantitative estimate of drug-likeness (QED) is 0.813. The second kappa shape index (κ2) is 7.01. The third-order valence-electron chi connectivity index (χ3n) is 2.91. The lowest BCUT2D eigenvalue weighted by Gasteiger charge is -2.07. The second-order valence-corrected chi connectivity index (χ2v) is 4.69. The summed E-state index contributed by atoms with van der Waals surface area (Å²) in [5.41, 5.74) is 1.67. The van der Waals surface area contributed by atoms with Crippen molar-refractivity contribution in [2.45, 2.75) is 26.8 Å². The number of aromatic nitrogens is 1. The van der Waals surface area contributed by atoms with Crippen LogP contribution in [-0.2, 0) is 6.54 Å². The smallest absolute Gasteiger partial charge is 0.219 e. The third-order valence-corrected chi connectivity index (χ3v) is 2.91. The average molecular weight is 274 g/mol. The van der Waals surface area contributed by atoms with Gasteiger partial charge in [-0.1, -0.05) is 13.0 Å². The fourth-order valence-electron chi connectivity index (χ4n) is 1.79. The predicted octanol–water partition coefficient (Wildman–Crippen LogP) is 3.82. The Bertz CT molecular complexity index is 555. The molecule has 0 aliphatic heterocycles. The van der Waals surface area contributed by atoms with E-state index in [4.69, 9.17) is 4.74 Å². The highest BCUT2D eigenvalue weighted by molar-refractivity contribution is 5.32. The summed E-state index contributed by atoms with van der Waals surface area (Å²) in [5.74, 6) is 0.867. The van der Waals surface area contributed by atoms with E-state index in [1.807, 2.05) is 12.1 Å². The Kier molecular flexibility index (Phi) is 5.07. The van der Waals surface area contributed by atoms with E-state index in [1.165, 1.54) is 6.07 Å². The topological polar surface area (TPSA) is 34.1 Å². The molecule has 0 unspecified atom stereocenters. The first-order chi connectivity index (χ1) is 9.69. The Labute approximate surface area is 118 Å². The van der Waals surface area contributed by atoms with Crippen LogP contribution >= 0.6 is 0 Å². The number of ether oxygens (including phenoxy) is 1. The van der Waals surface area contributed by atoms with Crippen molar-refractivity contribution in [2.24, 2.45) is 0 Å². The molecule has 0 aliphatic carbocycles. The fourth-order valence-corrected chi connectivity index (χ4v) is 1.79. The number of nitrogens with one attached hydrogen (secondary N) is 1. The monoisotopic (exact) mass is 274 g/mol. The van der Waals surface area contributed by atoms with Crippen molar-refractivity contribution in [3.05, 3.63) is 53.5 Å². The number of hydrogen-bond acceptors (Lipinski definition) is 3. The molecule has 0 fully saturated rings. The predicted molar refractivity (Wildman–Crippen MR) is 77.4 cm³/mol. The van der Waals surface area contributed by atoms with Crippen LogP contribution < -0.4 is 10.1 Å². The standard InChI is InChI=1S/C16H19FN2O/c1-3-8-18-10-13-4-7-16(19-11-13)20-14-5-6-15(17)12(2)9-14/h4-7,9,11,18H,3,8,10H2,1-2H3. The lowest BCUT2D eigenvalue weighted by molar-refractivity contribution is 0.460. The van der Waals surface area contributed by atoms with Crippen LogP contribution in [0.2, 0.25) is 0 Å². The second-order valence-electron chi connectivity index (χ2n) is 4.69. The highest BCUT2D eigenvalue weighted by Gasteiger charge is 2.02. The molecule has 1 aromatic heterocycles. The number of halogens is 1. The number of rotatable bonds is 6. The van der Waals surface area contributed by atoms with Crippen molar-refractivity contribution in [3.63, 3.8) is 0 Å². The van der Waals surface area contributed by atoms with Crippen LogP contribution in [0.5, 0.6) is 11.6 Å². The van der Waals surface area contributed by atoms with E-state index in [2.05, 4.69) is 17.2 Å². The summed E-state index contributed by atoms with van der Waals surface area (Å²) in [6.07, 6.45) is 2.90. The zero-order valence-corrected chi connectivity index (χ0v) is 11.8. The number of hydrogen-bond donors (Lipinski definition) is 1. The fraction of sp³-hybridized carbons (Fsp3) is 0.312. The Morgan fingerprint density at radius 3 is 2.75 bits per heavy atom. The van der Waals surface area contributed by atoms with Crippen molar-refractivity contribution in [1.82, 2.24) is 10.3 Å². The van der Waals surface area contributed by atoms with Crippen LogP contribution in [0.25, 0.3) is 0 Å². The van der Waals surface area contributed by atoms with Crippen LogP contribution in [0.3, 0.4) is 0 Å². The maximum Gasteiger partial charge on any atom is 0.219 e. The van der Waals surface area contributed by atoms with E-state index in [1.54, 1.807) is 25.3 Å². The van der Waals surface area contributed by atoms with Crippen molar-refractivity contribution >= 4 is 0 Å². The van der Waals surface area contributed by atoms with Crippen LogP contribution in [0.4, 0.5) is 4.39 Å². The molecular weight excluding hydrogens is 255 g/mol. The summed E-state index contributed by atoms with van der Waals surface area (Å²) in [6.45, 7) is 5.63. The maximum absolute atomic E-state index is 13.2. The first-order valence-electron chi connectivity index (χ1n) is 6.78. The van der Waals surface area contributed by atoms with E-state index < -0.39 is 0 Å². The van der Waals surface area contributed by atoms with E-state index in [-0.39, 0.29) is 5.82 Å². The van der Waals surface area contributed by atoms with Crippen LogP contribution in [-0.4, -0.2) is 11.5 Å². The van der Waals surface area contributed by atoms with Gasteiger partial charge in [-0.15, -0.1) is 0 Å². The lowest BCUT2D eigenvalue weighted by atomic mass is 10.2. The molecule has 0 spiro atoms. The van der Waals surface area contributed by atoms with E-state index >= 15 is 0 Å². The van der Waals surface area contributed by atoms with Crippen molar-refractivity contribution in [3.8, 4) is 11.6 Å². The Morgan fingerprint density at radius 2 is 2.10 bits per heavy atom. The van der Waals surface area contributed by atoms with Gasteiger partial charge in [-0.05, 0) is 49.2 Å². The minimum absolute atomic E-state index is 0.234. The number of aryl methyl sites for hydroxylation is 1. The van der Waals surface area contributed by atoms with Gasteiger partial charge in [0, 0.05) is 18.8 Å². The maximum atomic E-state index is 13.2. The van der Waals surface area contributed by atoms with Gasteiger partial charge in [0.25, 0.3) is 0 Å². The Morgan fingerprint density at radius 1 is 1.25 bits per heavy atom. The normalized spacial score (nSPS) is 10.6. The van der Waals surface area contributed by atoms with Gasteiger partial charge in [-0.3, -0.25) is 0 Å². The highest BCUT2D eigenvalue weighted by Crippen LogP contribution is 2.21. The Balaban J connectivity index is 1.97. The molecule has 1 aromatic carbocycles. The minimum Gasteiger partial charge on any atom is -0.439 e. The van der Waals surface area contributed by atoms with Crippen molar-refractivity contribution in [2.75, 3.05) is 6.54 Å². The van der Waals surface area contributed by atoms with Crippen LogP contribution in [0.15, 0.2) is 36.5 Å². The van der Waals surface area contributed by atoms with Gasteiger partial charge in [-0.25, -0.2) is 9.37 Å². The summed E-state index contributed by atoms with van der Waals surface area (Å²) in [4.78, 5) is 4.25. The summed E-state index contributed by atoms with van der Waals surface area (Å²) < 4.78 is 18.8. The molecule has 2 rings (SSSR count). The molecule has 4 heteroatoms. The third kappa shape index (κ3) is 4.03. The zero-order valence-electron chi connectivity index (χ0n) is 11.8. The van der Waals surface area contributed by atoms with Gasteiger partial charge in [0.2, 0.25) is 5.88 Å². The molecule has 0 saturated carbocycles. The SMILES string of the molecule is CCCNCc1ccc(Oc2ccc(F)c(C)c2)nc1. The van der Waals surface area contributed by atoms with E-state index in [0.29, 0.717) is 17.2 Å². The van der Waals surface area contributed by atoms with Crippen LogP contribution in [0.1, 0.15) is 24.5 Å². The van der Waals surface area contributed by atoms with Crippen molar-refractivity contribution < 1.29 is 9.13 Å². The van der Waals surface area contributed by atoms with Crippen molar-refractivity contribution in [1.29, 1.82) is 0 Å². The molecular formula is C16H19FN2O. The molecule has 0 atom stereocenters. The molecule has 2 aromatic rings. The largest absolute Gasteiger partial charge is 0.439 e. The lowest BCUT2D eigenvalue weighted by Crippen LogP contribution is -2.13. The average Bonchev–Trinajstić information content (AvgIpc) is 2.45. The molecule has 1 N–H and O–H groups in total. The van der Waals surface area contributed by atoms with Gasteiger partial charge in [0.15, 0.2) is 0 Å². The minimum atomic E-state index is -0.234. The molecule has 20 heavy (non-hydrogen) atoms. The number of benzene rings is 1. The molecule has 0 radical (unpaired) electrons. The van der Waals surface area contributed by atoms with E-state index in [0.717, 1.165) is 25.1 Å². The van der Waals surface area contributed by atoms with Gasteiger partial charge in [0.05, 0.1) is 0 Å². The highest BCUT2D eigenvalue weighted by atomic mass is 19.1. The molecule has 0 aliphatic rings. The summed E-state index contributed by atoms with van der Waals surface area (Å²) in [7, 11) is 0. The Hall–Kier alpha value is -1.94. The number of pyridine rings is 1. The summed E-state index contributed by atoms with van der Waals surface area (Å²) in [6, 6.07) is 8.45. The molecule has 106 valence electrons. The van der Waals surface area contributed by atoms with Gasteiger partial charge >= 0.3 is 0 Å². The van der Waals surface area contributed by atoms with Gasteiger partial charge in [-0.2, -0.15) is 0 Å². The molecule has 3 nitrogen and oxygen atoms in total. The molecule has 0 saturated heterocycles. The molecule has 0 amide bonds. The van der Waals surface area contributed by atoms with Gasteiger partial charge < -0.3 is 10.1 Å².